The molecule has 0 fully saturated rings. The fourth-order valence-corrected chi connectivity index (χ4v) is 3.98. The van der Waals surface area contributed by atoms with Crippen molar-refractivity contribution in [2.24, 2.45) is 0 Å². The summed E-state index contributed by atoms with van der Waals surface area (Å²) >= 11 is 0. The Morgan fingerprint density at radius 3 is 2.24 bits per heavy atom. The second kappa shape index (κ2) is 8.93. The number of hydrogen-bond acceptors (Lipinski definition) is 3. The van der Waals surface area contributed by atoms with Crippen LogP contribution in [0.1, 0.15) is 24.6 Å². The number of hydrogen-bond donors (Lipinski definition) is 0. The molecule has 0 radical (unpaired) electrons. The van der Waals surface area contributed by atoms with Gasteiger partial charge in [0, 0.05) is 24.2 Å². The molecule has 2 aromatic carbocycles. The summed E-state index contributed by atoms with van der Waals surface area (Å²) in [4.78, 5) is 0.283. The van der Waals surface area contributed by atoms with Crippen LogP contribution in [-0.4, -0.2) is 32.5 Å². The highest BCUT2D eigenvalue weighted by molar-refractivity contribution is 7.90. The predicted molar refractivity (Wildman–Crippen MR) is 114 cm³/mol. The Balaban J connectivity index is 2.05. The molecule has 0 saturated heterocycles. The van der Waals surface area contributed by atoms with E-state index in [1.54, 1.807) is 24.3 Å². The number of sulfone groups is 1. The highest BCUT2D eigenvalue weighted by atomic mass is 32.2. The van der Waals surface area contributed by atoms with Crippen LogP contribution < -0.4 is 0 Å². The van der Waals surface area contributed by atoms with Gasteiger partial charge in [0.05, 0.1) is 17.2 Å². The fourth-order valence-electron chi connectivity index (χ4n) is 3.35. The average Bonchev–Trinajstić information content (AvgIpc) is 3.02. The zero-order valence-electron chi connectivity index (χ0n) is 17.0. The monoisotopic (exact) mass is 415 g/mol. The van der Waals surface area contributed by atoms with E-state index in [2.05, 4.69) is 17.6 Å². The van der Waals surface area contributed by atoms with Gasteiger partial charge in [-0.25, -0.2) is 12.8 Å². The van der Waals surface area contributed by atoms with Gasteiger partial charge in [-0.1, -0.05) is 19.1 Å². The maximum atomic E-state index is 13.4. The van der Waals surface area contributed by atoms with Crippen molar-refractivity contribution in [1.29, 1.82) is 0 Å². The predicted octanol–water partition coefficient (Wildman–Crippen LogP) is 4.96. The number of ether oxygens (including phenoxy) is 1. The molecule has 1 aromatic heterocycles. The Bertz CT molecular complexity index is 1070. The SMILES string of the molecule is CCCOCCc1cc(-c2ccc(S(C)(=O)=O)cc2)n(-c2ccc(F)cc2)c1C. The molecule has 0 aliphatic rings. The molecule has 6 heteroatoms. The van der Waals surface area contributed by atoms with Gasteiger partial charge in [0.1, 0.15) is 5.82 Å². The molecule has 3 aromatic rings. The smallest absolute Gasteiger partial charge is 0.175 e. The van der Waals surface area contributed by atoms with E-state index >= 15 is 0 Å². The minimum Gasteiger partial charge on any atom is -0.381 e. The molecule has 0 unspecified atom stereocenters. The first-order chi connectivity index (χ1) is 13.8. The summed E-state index contributed by atoms with van der Waals surface area (Å²) in [6, 6.07) is 15.3. The molecule has 0 atom stereocenters. The Morgan fingerprint density at radius 2 is 1.66 bits per heavy atom. The van der Waals surface area contributed by atoms with Crippen molar-refractivity contribution in [2.75, 3.05) is 19.5 Å². The van der Waals surface area contributed by atoms with Crippen LogP contribution in [0.15, 0.2) is 59.5 Å². The molecule has 0 spiro atoms. The fraction of sp³-hybridized carbons (Fsp3) is 0.304. The molecule has 0 aliphatic carbocycles. The summed E-state index contributed by atoms with van der Waals surface area (Å²) in [6.07, 6.45) is 2.95. The van der Waals surface area contributed by atoms with Crippen LogP contribution in [0.3, 0.4) is 0 Å². The Labute approximate surface area is 171 Å². The minimum atomic E-state index is -3.25. The maximum Gasteiger partial charge on any atom is 0.175 e. The van der Waals surface area contributed by atoms with Crippen molar-refractivity contribution in [3.8, 4) is 16.9 Å². The molecular weight excluding hydrogens is 389 g/mol. The largest absolute Gasteiger partial charge is 0.381 e. The van der Waals surface area contributed by atoms with Gasteiger partial charge in [-0.2, -0.15) is 0 Å². The topological polar surface area (TPSA) is 48.3 Å². The van der Waals surface area contributed by atoms with Crippen LogP contribution in [0.5, 0.6) is 0 Å². The van der Waals surface area contributed by atoms with E-state index in [0.717, 1.165) is 47.7 Å². The third kappa shape index (κ3) is 4.95. The van der Waals surface area contributed by atoms with Crippen LogP contribution in [0.25, 0.3) is 16.9 Å². The minimum absolute atomic E-state index is 0.283. The number of nitrogens with zero attached hydrogens (tertiary/aromatic N) is 1. The summed E-state index contributed by atoms with van der Waals surface area (Å²) in [5, 5.41) is 0. The van der Waals surface area contributed by atoms with Crippen molar-refractivity contribution in [1.82, 2.24) is 4.57 Å². The first kappa shape index (κ1) is 21.3. The second-order valence-electron chi connectivity index (χ2n) is 7.11. The van der Waals surface area contributed by atoms with Crippen LogP contribution in [0.4, 0.5) is 4.39 Å². The highest BCUT2D eigenvalue weighted by Crippen LogP contribution is 2.30. The van der Waals surface area contributed by atoms with E-state index in [4.69, 9.17) is 4.74 Å². The van der Waals surface area contributed by atoms with Gasteiger partial charge in [0.15, 0.2) is 9.84 Å². The van der Waals surface area contributed by atoms with Crippen LogP contribution in [0.2, 0.25) is 0 Å². The van der Waals surface area contributed by atoms with Crippen molar-refractivity contribution in [3.05, 3.63) is 71.7 Å². The Kier molecular flexibility index (Phi) is 6.55. The van der Waals surface area contributed by atoms with Gasteiger partial charge in [-0.15, -0.1) is 0 Å². The van der Waals surface area contributed by atoms with Gasteiger partial charge in [-0.3, -0.25) is 0 Å². The summed E-state index contributed by atoms with van der Waals surface area (Å²) in [6.45, 7) is 5.48. The quantitative estimate of drug-likeness (QED) is 0.488. The molecule has 29 heavy (non-hydrogen) atoms. The zero-order chi connectivity index (χ0) is 21.0. The van der Waals surface area contributed by atoms with Gasteiger partial charge in [0.2, 0.25) is 0 Å². The molecule has 4 nitrogen and oxygen atoms in total. The molecule has 0 N–H and O–H groups in total. The number of benzene rings is 2. The van der Waals surface area contributed by atoms with Crippen molar-refractivity contribution >= 4 is 9.84 Å². The van der Waals surface area contributed by atoms with Gasteiger partial charge in [-0.05, 0) is 73.4 Å². The lowest BCUT2D eigenvalue weighted by Gasteiger charge is -2.13. The standard InChI is InChI=1S/C23H26FNO3S/c1-4-14-28-15-13-19-16-23(18-5-11-22(12-6-18)29(3,26)27)25(17(19)2)21-9-7-20(24)8-10-21/h5-12,16H,4,13-15H2,1-3H3. The zero-order valence-corrected chi connectivity index (χ0v) is 17.8. The lowest BCUT2D eigenvalue weighted by atomic mass is 10.1. The highest BCUT2D eigenvalue weighted by Gasteiger charge is 2.16. The first-order valence-electron chi connectivity index (χ1n) is 9.66. The summed E-state index contributed by atoms with van der Waals surface area (Å²) in [7, 11) is -3.25. The normalized spacial score (nSPS) is 11.7. The number of rotatable bonds is 8. The number of aromatic nitrogens is 1. The molecule has 0 saturated carbocycles. The molecule has 0 amide bonds. The van der Waals surface area contributed by atoms with Crippen molar-refractivity contribution in [3.63, 3.8) is 0 Å². The molecule has 3 rings (SSSR count). The third-order valence-corrected chi connectivity index (χ3v) is 6.01. The summed E-state index contributed by atoms with van der Waals surface area (Å²) in [5.41, 5.74) is 4.88. The van der Waals surface area contributed by atoms with Crippen LogP contribution in [0, 0.1) is 12.7 Å². The second-order valence-corrected chi connectivity index (χ2v) is 9.13. The van der Waals surface area contributed by atoms with Crippen molar-refractivity contribution in [2.45, 2.75) is 31.6 Å². The van der Waals surface area contributed by atoms with Gasteiger partial charge < -0.3 is 9.30 Å². The maximum absolute atomic E-state index is 13.4. The van der Waals surface area contributed by atoms with Crippen LogP contribution >= 0.6 is 0 Å². The molecule has 0 aliphatic heterocycles. The molecule has 154 valence electrons. The lowest BCUT2D eigenvalue weighted by molar-refractivity contribution is 0.138. The Hall–Kier alpha value is -2.44. The Morgan fingerprint density at radius 1 is 1.00 bits per heavy atom. The molecule has 0 bridgehead atoms. The number of halogens is 1. The van der Waals surface area contributed by atoms with Gasteiger partial charge >= 0.3 is 0 Å². The third-order valence-electron chi connectivity index (χ3n) is 4.88. The average molecular weight is 416 g/mol. The molecular formula is C23H26FNO3S. The summed E-state index contributed by atoms with van der Waals surface area (Å²) in [5.74, 6) is -0.286. The van der Waals surface area contributed by atoms with Crippen LogP contribution in [-0.2, 0) is 21.0 Å². The van der Waals surface area contributed by atoms with E-state index in [1.807, 2.05) is 19.1 Å². The van der Waals surface area contributed by atoms with Crippen molar-refractivity contribution < 1.29 is 17.5 Å². The van der Waals surface area contributed by atoms with E-state index in [-0.39, 0.29) is 10.7 Å². The molecule has 1 heterocycles. The first-order valence-corrected chi connectivity index (χ1v) is 11.6. The van der Waals surface area contributed by atoms with E-state index in [0.29, 0.717) is 6.61 Å². The lowest BCUT2D eigenvalue weighted by Crippen LogP contribution is -2.03. The van der Waals surface area contributed by atoms with E-state index in [1.165, 1.54) is 18.4 Å². The van der Waals surface area contributed by atoms with Gasteiger partial charge in [0.25, 0.3) is 0 Å². The summed E-state index contributed by atoms with van der Waals surface area (Å²) < 4.78 is 44.7. The van der Waals surface area contributed by atoms with E-state index in [9.17, 15) is 12.8 Å². The van der Waals surface area contributed by atoms with E-state index < -0.39 is 9.84 Å².